The van der Waals surface area contributed by atoms with Gasteiger partial charge >= 0.3 is 5.97 Å². The summed E-state index contributed by atoms with van der Waals surface area (Å²) in [7, 11) is 0. The minimum atomic E-state index is -1.10. The Labute approximate surface area is 181 Å². The fraction of sp³-hybridized carbons (Fsp3) is 0.0556. The minimum absolute atomic E-state index is 0.0852. The molecule has 1 N–H and O–H groups in total. The third kappa shape index (κ3) is 4.31. The SMILES string of the molecule is O=C(O)Cn1nnc(-c2cc(-c3ccc(Oc4cc(F)ccc4Br)cc3Cl)no2)n1. The zero-order valence-electron chi connectivity index (χ0n) is 14.8. The first-order valence-electron chi connectivity index (χ1n) is 8.28. The van der Waals surface area contributed by atoms with Gasteiger partial charge in [0, 0.05) is 23.8 Å². The molecule has 0 aliphatic heterocycles. The number of benzene rings is 2. The van der Waals surface area contributed by atoms with E-state index in [1.54, 1.807) is 24.3 Å². The molecule has 0 atom stereocenters. The minimum Gasteiger partial charge on any atom is -0.480 e. The molecule has 152 valence electrons. The summed E-state index contributed by atoms with van der Waals surface area (Å²) in [5.74, 6) is -0.546. The van der Waals surface area contributed by atoms with Crippen molar-refractivity contribution in [3.63, 3.8) is 0 Å². The van der Waals surface area contributed by atoms with Crippen LogP contribution >= 0.6 is 27.5 Å². The molecule has 4 aromatic rings. The first-order valence-corrected chi connectivity index (χ1v) is 9.45. The first kappa shape index (κ1) is 20.0. The second-order valence-corrected chi connectivity index (χ2v) is 7.19. The Bertz CT molecular complexity index is 1250. The predicted octanol–water partition coefficient (Wildman–Crippen LogP) is 4.43. The second-order valence-electron chi connectivity index (χ2n) is 5.93. The van der Waals surface area contributed by atoms with Crippen molar-refractivity contribution in [2.24, 2.45) is 0 Å². The quantitative estimate of drug-likeness (QED) is 0.418. The number of nitrogens with zero attached hydrogens (tertiary/aromatic N) is 5. The van der Waals surface area contributed by atoms with Gasteiger partial charge in [-0.2, -0.15) is 4.80 Å². The standard InChI is InChI=1S/C18H10BrClFN5O4/c19-12-4-1-9(21)5-15(12)29-10-2-3-11(13(20)6-10)14-7-16(30-24-14)18-22-25-26(23-18)8-17(27)28/h1-7H,8H2,(H,27,28). The van der Waals surface area contributed by atoms with Crippen LogP contribution in [0.5, 0.6) is 11.5 Å². The Morgan fingerprint density at radius 1 is 1.27 bits per heavy atom. The van der Waals surface area contributed by atoms with Gasteiger partial charge in [-0.15, -0.1) is 10.2 Å². The molecule has 0 bridgehead atoms. The maximum absolute atomic E-state index is 13.4. The molecule has 0 fully saturated rings. The third-order valence-corrected chi connectivity index (χ3v) is 4.77. The number of aromatic nitrogens is 5. The molecule has 0 unspecified atom stereocenters. The summed E-state index contributed by atoms with van der Waals surface area (Å²) in [6.07, 6.45) is 0. The number of aliphatic carboxylic acids is 1. The van der Waals surface area contributed by atoms with Gasteiger partial charge in [0.1, 0.15) is 23.0 Å². The molecule has 2 aromatic heterocycles. The van der Waals surface area contributed by atoms with E-state index in [1.807, 2.05) is 0 Å². The van der Waals surface area contributed by atoms with E-state index in [1.165, 1.54) is 18.2 Å². The van der Waals surface area contributed by atoms with Gasteiger partial charge in [0.15, 0.2) is 6.54 Å². The van der Waals surface area contributed by atoms with Crippen LogP contribution in [0.2, 0.25) is 5.02 Å². The third-order valence-electron chi connectivity index (χ3n) is 3.80. The molecule has 2 heterocycles. The Kier molecular flexibility index (Phi) is 5.46. The molecule has 0 saturated heterocycles. The van der Waals surface area contributed by atoms with Crippen molar-refractivity contribution < 1.29 is 23.6 Å². The molecule has 2 aromatic carbocycles. The normalized spacial score (nSPS) is 10.9. The highest BCUT2D eigenvalue weighted by Gasteiger charge is 2.17. The topological polar surface area (TPSA) is 116 Å². The van der Waals surface area contributed by atoms with E-state index < -0.39 is 18.3 Å². The highest BCUT2D eigenvalue weighted by atomic mass is 79.9. The Morgan fingerprint density at radius 2 is 2.10 bits per heavy atom. The average molecular weight is 495 g/mol. The lowest BCUT2D eigenvalue weighted by molar-refractivity contribution is -0.138. The average Bonchev–Trinajstić information content (AvgIpc) is 3.34. The summed E-state index contributed by atoms with van der Waals surface area (Å²) in [6, 6.07) is 10.5. The molecule has 4 rings (SSSR count). The molecule has 0 spiro atoms. The number of hydrogen-bond donors (Lipinski definition) is 1. The number of rotatable bonds is 6. The summed E-state index contributed by atoms with van der Waals surface area (Å²) in [6.45, 7) is -0.428. The summed E-state index contributed by atoms with van der Waals surface area (Å²) >= 11 is 9.66. The Morgan fingerprint density at radius 3 is 2.87 bits per heavy atom. The molecule has 0 radical (unpaired) electrons. The lowest BCUT2D eigenvalue weighted by atomic mass is 10.1. The maximum atomic E-state index is 13.4. The fourth-order valence-corrected chi connectivity index (χ4v) is 3.08. The molecule has 0 aliphatic carbocycles. The molecule has 30 heavy (non-hydrogen) atoms. The van der Waals surface area contributed by atoms with Crippen LogP contribution in [-0.2, 0) is 11.3 Å². The van der Waals surface area contributed by atoms with Gasteiger partial charge in [0.05, 0.1) is 9.50 Å². The molecule has 9 nitrogen and oxygen atoms in total. The van der Waals surface area contributed by atoms with Crippen molar-refractivity contribution in [1.82, 2.24) is 25.4 Å². The van der Waals surface area contributed by atoms with E-state index in [2.05, 4.69) is 36.5 Å². The van der Waals surface area contributed by atoms with Crippen LogP contribution in [0.15, 0.2) is 51.5 Å². The summed E-state index contributed by atoms with van der Waals surface area (Å²) < 4.78 is 24.9. The zero-order valence-corrected chi connectivity index (χ0v) is 17.1. The van der Waals surface area contributed by atoms with Crippen molar-refractivity contribution in [3.05, 3.63) is 57.8 Å². The van der Waals surface area contributed by atoms with Crippen molar-refractivity contribution >= 4 is 33.5 Å². The van der Waals surface area contributed by atoms with Gasteiger partial charge in [0.2, 0.25) is 11.6 Å². The van der Waals surface area contributed by atoms with E-state index in [4.69, 9.17) is 26.0 Å². The molecule has 0 aliphatic rings. The Hall–Kier alpha value is -3.31. The highest BCUT2D eigenvalue weighted by molar-refractivity contribution is 9.10. The van der Waals surface area contributed by atoms with Crippen molar-refractivity contribution in [3.8, 4) is 34.3 Å². The number of ether oxygens (including phenoxy) is 1. The van der Waals surface area contributed by atoms with Gasteiger partial charge in [-0.1, -0.05) is 16.8 Å². The lowest BCUT2D eigenvalue weighted by Crippen LogP contribution is -2.11. The molecule has 0 saturated carbocycles. The van der Waals surface area contributed by atoms with Gasteiger partial charge in [0.25, 0.3) is 0 Å². The second kappa shape index (κ2) is 8.20. The molecule has 0 amide bonds. The van der Waals surface area contributed by atoms with Gasteiger partial charge < -0.3 is 14.4 Å². The van der Waals surface area contributed by atoms with Crippen LogP contribution < -0.4 is 4.74 Å². The number of tetrazole rings is 1. The summed E-state index contributed by atoms with van der Waals surface area (Å²) in [4.78, 5) is 11.6. The maximum Gasteiger partial charge on any atom is 0.327 e. The monoisotopic (exact) mass is 493 g/mol. The lowest BCUT2D eigenvalue weighted by Gasteiger charge is -2.09. The van der Waals surface area contributed by atoms with Gasteiger partial charge in [-0.25, -0.2) is 4.39 Å². The van der Waals surface area contributed by atoms with E-state index in [0.717, 1.165) is 4.80 Å². The zero-order chi connectivity index (χ0) is 21.3. The number of carboxylic acid groups (broad SMARTS) is 1. The van der Waals surface area contributed by atoms with Crippen LogP contribution in [0.25, 0.3) is 22.8 Å². The number of carboxylic acids is 1. The van der Waals surface area contributed by atoms with Crippen LogP contribution in [-0.4, -0.2) is 36.4 Å². The van der Waals surface area contributed by atoms with Gasteiger partial charge in [-0.05, 0) is 45.4 Å². The van der Waals surface area contributed by atoms with E-state index >= 15 is 0 Å². The van der Waals surface area contributed by atoms with Crippen LogP contribution in [0.1, 0.15) is 0 Å². The highest BCUT2D eigenvalue weighted by Crippen LogP contribution is 2.35. The van der Waals surface area contributed by atoms with Crippen molar-refractivity contribution in [2.45, 2.75) is 6.54 Å². The van der Waals surface area contributed by atoms with Crippen LogP contribution in [0.3, 0.4) is 0 Å². The predicted molar refractivity (Wildman–Crippen MR) is 106 cm³/mol. The first-order chi connectivity index (χ1) is 14.4. The van der Waals surface area contributed by atoms with E-state index in [-0.39, 0.29) is 11.6 Å². The van der Waals surface area contributed by atoms with Crippen LogP contribution in [0, 0.1) is 5.82 Å². The number of halogens is 3. The molecule has 12 heteroatoms. The molecular weight excluding hydrogens is 485 g/mol. The Balaban J connectivity index is 1.56. The number of carbonyl (C=O) groups is 1. The van der Waals surface area contributed by atoms with Crippen molar-refractivity contribution in [2.75, 3.05) is 0 Å². The van der Waals surface area contributed by atoms with Crippen LogP contribution in [0.4, 0.5) is 4.39 Å². The smallest absolute Gasteiger partial charge is 0.327 e. The van der Waals surface area contributed by atoms with E-state index in [0.29, 0.717) is 32.3 Å². The largest absolute Gasteiger partial charge is 0.480 e. The summed E-state index contributed by atoms with van der Waals surface area (Å²) in [5, 5.41) is 24.3. The molecular formula is C18H10BrClFN5O4. The van der Waals surface area contributed by atoms with Crippen molar-refractivity contribution in [1.29, 1.82) is 0 Å². The fourth-order valence-electron chi connectivity index (χ4n) is 2.49. The van der Waals surface area contributed by atoms with E-state index in [9.17, 15) is 9.18 Å². The van der Waals surface area contributed by atoms with Gasteiger partial charge in [-0.3, -0.25) is 4.79 Å². The summed E-state index contributed by atoms with van der Waals surface area (Å²) in [5.41, 5.74) is 0.957. The number of hydrogen-bond acceptors (Lipinski definition) is 7.